The maximum Gasteiger partial charge on any atom is -1.00 e. The van der Waals surface area contributed by atoms with Crippen LogP contribution in [-0.4, -0.2) is 3.81 Å². The predicted octanol–water partition coefficient (Wildman–Crippen LogP) is 5.51. The quantitative estimate of drug-likeness (QED) is 0.249. The molecule has 2 aliphatic carbocycles. The van der Waals surface area contributed by atoms with Crippen LogP contribution < -0.4 is 24.8 Å². The molecule has 3 heteroatoms. The summed E-state index contributed by atoms with van der Waals surface area (Å²) in [4.78, 5) is 0. The zero-order valence-corrected chi connectivity index (χ0v) is 32.0. The molecule has 0 saturated heterocycles. The molecule has 6 rings (SSSR count). The average Bonchev–Trinajstić information content (AvgIpc) is 3.59. The Hall–Kier alpha value is -2.48. The fraction of sp³-hybridized carbons (Fsp3) is 0.326. The van der Waals surface area contributed by atoms with Crippen LogP contribution in [-0.2, 0) is 28.2 Å². The Balaban J connectivity index is 0.00000240. The summed E-state index contributed by atoms with van der Waals surface area (Å²) in [6, 6.07) is 37.5. The van der Waals surface area contributed by atoms with E-state index in [2.05, 4.69) is 172 Å². The van der Waals surface area contributed by atoms with Gasteiger partial charge in [-0.3, -0.25) is 0 Å². The van der Waals surface area contributed by atoms with E-state index in [1.807, 2.05) is 0 Å². The molecular formula is C43H48Cl2Ti. The molecule has 46 heavy (non-hydrogen) atoms. The number of allylic oxidation sites excluding steroid dienone is 4. The van der Waals surface area contributed by atoms with Crippen LogP contribution >= 0.6 is 0 Å². The second-order valence-corrected chi connectivity index (χ2v) is 19.8. The molecule has 0 aliphatic heterocycles. The van der Waals surface area contributed by atoms with Crippen molar-refractivity contribution in [1.29, 1.82) is 0 Å². The van der Waals surface area contributed by atoms with E-state index in [0.29, 0.717) is 4.22 Å². The van der Waals surface area contributed by atoms with Crippen LogP contribution in [0.4, 0.5) is 0 Å². The molecule has 238 valence electrons. The fourth-order valence-electron chi connectivity index (χ4n) is 6.92. The fourth-order valence-corrected chi connectivity index (χ4v) is 12.6. The molecule has 0 nitrogen and oxygen atoms in total. The third kappa shape index (κ3) is 7.02. The number of hydrogen-bond acceptors (Lipinski definition) is 0. The number of benzene rings is 4. The summed E-state index contributed by atoms with van der Waals surface area (Å²) in [6.07, 6.45) is 6.22. The Morgan fingerprint density at radius 3 is 1.37 bits per heavy atom. The SMILES string of the molecule is CC(C)(C)C1=CC[C]([Ti+2](=[C](c2ccccc2)c2ccccc2)[CH]2c3cc(C(C)(C)C)ccc3-c3ccc(C(C)(C)C)cc32)=C1.[Cl-].[Cl-]. The van der Waals surface area contributed by atoms with E-state index in [0.717, 1.165) is 6.42 Å². The van der Waals surface area contributed by atoms with Gasteiger partial charge in [0, 0.05) is 0 Å². The van der Waals surface area contributed by atoms with Crippen LogP contribution in [0.3, 0.4) is 0 Å². The van der Waals surface area contributed by atoms with Gasteiger partial charge in [0.15, 0.2) is 0 Å². The van der Waals surface area contributed by atoms with Gasteiger partial charge in [-0.1, -0.05) is 0 Å². The first-order chi connectivity index (χ1) is 20.7. The molecule has 0 amide bonds. The van der Waals surface area contributed by atoms with E-state index in [1.165, 1.54) is 39.0 Å². The standard InChI is InChI=1S/C21H25.C13H10.C9H13.2ClH.Ti/c1-20(2,3)16-7-9-18-14(12-16)11-15-13-17(21(4,5)6)8-10-19(15)18;1-3-7-12(8-4-1)11-13-9-5-2-6-10-13;1-9(2,3)8-6-4-5-7-8;;;/h7-13H,1-6H3;1-10H;6-7H,4H2,1-3H3;2*1H;/q;;;;;+2/p-2. The van der Waals surface area contributed by atoms with Crippen molar-refractivity contribution in [3.8, 4) is 11.1 Å². The summed E-state index contributed by atoms with van der Waals surface area (Å²) < 4.78 is 3.65. The van der Waals surface area contributed by atoms with E-state index in [-0.39, 0.29) is 41.1 Å². The Bertz CT molecular complexity index is 1700. The van der Waals surface area contributed by atoms with E-state index in [4.69, 9.17) is 0 Å². The average molecular weight is 684 g/mol. The zero-order chi connectivity index (χ0) is 31.4. The monoisotopic (exact) mass is 682 g/mol. The van der Waals surface area contributed by atoms with Crippen LogP contribution in [0.25, 0.3) is 11.1 Å². The zero-order valence-electron chi connectivity index (χ0n) is 28.9. The van der Waals surface area contributed by atoms with Crippen LogP contribution in [0.1, 0.15) is 106 Å². The van der Waals surface area contributed by atoms with Gasteiger partial charge in [0.2, 0.25) is 0 Å². The minimum absolute atomic E-state index is 0. The van der Waals surface area contributed by atoms with Crippen molar-refractivity contribution in [2.24, 2.45) is 5.41 Å². The van der Waals surface area contributed by atoms with E-state index < -0.39 is 17.4 Å². The Morgan fingerprint density at radius 1 is 0.565 bits per heavy atom. The van der Waals surface area contributed by atoms with Crippen molar-refractivity contribution in [3.63, 3.8) is 0 Å². The summed E-state index contributed by atoms with van der Waals surface area (Å²) in [5, 5.41) is 0. The van der Waals surface area contributed by atoms with Crippen molar-refractivity contribution in [2.75, 3.05) is 0 Å². The van der Waals surface area contributed by atoms with Crippen LogP contribution in [0.2, 0.25) is 0 Å². The number of rotatable bonds is 4. The van der Waals surface area contributed by atoms with Crippen LogP contribution in [0.15, 0.2) is 119 Å². The molecule has 0 fully saturated rings. The number of fused-ring (bicyclic) bond motifs is 3. The summed E-state index contributed by atoms with van der Waals surface area (Å²) in [5.41, 5.74) is 13.4. The van der Waals surface area contributed by atoms with Gasteiger partial charge < -0.3 is 24.8 Å². The summed E-state index contributed by atoms with van der Waals surface area (Å²) in [7, 11) is 0. The molecule has 0 bridgehead atoms. The molecular weight excluding hydrogens is 635 g/mol. The van der Waals surface area contributed by atoms with E-state index in [1.54, 1.807) is 18.8 Å². The van der Waals surface area contributed by atoms with Crippen LogP contribution in [0.5, 0.6) is 0 Å². The molecule has 0 unspecified atom stereocenters. The minimum Gasteiger partial charge on any atom is -1.00 e. The summed E-state index contributed by atoms with van der Waals surface area (Å²) in [5.74, 6) is 0. The molecule has 0 radical (unpaired) electrons. The normalized spacial score (nSPS) is 14.2. The maximum absolute atomic E-state index is 2.63. The molecule has 0 saturated carbocycles. The third-order valence-electron chi connectivity index (χ3n) is 9.51. The smallest absolute Gasteiger partial charge is 1.00 e. The maximum atomic E-state index is 2.63. The van der Waals surface area contributed by atoms with E-state index >= 15 is 0 Å². The molecule has 0 heterocycles. The topological polar surface area (TPSA) is 0 Å². The van der Waals surface area contributed by atoms with Crippen molar-refractivity contribution in [2.45, 2.75) is 83.8 Å². The molecule has 0 spiro atoms. The second kappa shape index (κ2) is 13.6. The molecule has 4 aromatic carbocycles. The number of hydrogen-bond donors (Lipinski definition) is 0. The van der Waals surface area contributed by atoms with Crippen molar-refractivity contribution in [1.82, 2.24) is 0 Å². The molecule has 2 aliphatic rings. The Kier molecular flexibility index (Phi) is 10.7. The number of halogens is 2. The summed E-state index contributed by atoms with van der Waals surface area (Å²) >= 11 is -2.33. The summed E-state index contributed by atoms with van der Waals surface area (Å²) in [6.45, 7) is 21.2. The molecule has 0 N–H and O–H groups in total. The van der Waals surface area contributed by atoms with Crippen molar-refractivity contribution >= 4 is 3.81 Å². The Labute approximate surface area is 296 Å². The first-order valence-corrected chi connectivity index (χ1v) is 18.8. The van der Waals surface area contributed by atoms with Gasteiger partial charge in [0.05, 0.1) is 0 Å². The first kappa shape index (κ1) is 36.4. The van der Waals surface area contributed by atoms with Crippen molar-refractivity contribution in [3.05, 3.63) is 152 Å². The first-order valence-electron chi connectivity index (χ1n) is 16.3. The Morgan fingerprint density at radius 2 is 1.00 bits per heavy atom. The predicted molar refractivity (Wildman–Crippen MR) is 187 cm³/mol. The third-order valence-corrected chi connectivity index (χ3v) is 14.8. The largest absolute Gasteiger partial charge is 1.00 e. The molecule has 4 aromatic rings. The van der Waals surface area contributed by atoms with Gasteiger partial charge in [0.25, 0.3) is 0 Å². The van der Waals surface area contributed by atoms with Crippen LogP contribution in [0, 0.1) is 5.41 Å². The van der Waals surface area contributed by atoms with Gasteiger partial charge in [0.1, 0.15) is 0 Å². The van der Waals surface area contributed by atoms with E-state index in [9.17, 15) is 0 Å². The van der Waals surface area contributed by atoms with Gasteiger partial charge in [-0.05, 0) is 0 Å². The van der Waals surface area contributed by atoms with Crippen molar-refractivity contribution < 1.29 is 42.2 Å². The van der Waals surface area contributed by atoms with Gasteiger partial charge in [-0.25, -0.2) is 0 Å². The molecule has 0 aromatic heterocycles. The second-order valence-electron chi connectivity index (χ2n) is 15.8. The van der Waals surface area contributed by atoms with Gasteiger partial charge in [-0.2, -0.15) is 0 Å². The minimum atomic E-state index is -2.33. The van der Waals surface area contributed by atoms with Gasteiger partial charge >= 0.3 is 274 Å². The van der Waals surface area contributed by atoms with Gasteiger partial charge in [-0.15, -0.1) is 0 Å². The molecule has 0 atom stereocenters.